The maximum Gasteiger partial charge on any atom is 0.0963 e. The van der Waals surface area contributed by atoms with Crippen molar-refractivity contribution in [1.29, 1.82) is 0 Å². The van der Waals surface area contributed by atoms with E-state index in [-0.39, 0.29) is 0 Å². The average molecular weight is 623 g/mol. The van der Waals surface area contributed by atoms with Crippen LogP contribution in [0.2, 0.25) is 0 Å². The Hall–Kier alpha value is -6.51. The monoisotopic (exact) mass is 622 g/mol. The molecule has 10 rings (SSSR count). The lowest BCUT2D eigenvalue weighted by Crippen LogP contribution is -1.97. The molecule has 2 aromatic heterocycles. The van der Waals surface area contributed by atoms with Crippen LogP contribution in [0.3, 0.4) is 0 Å². The van der Waals surface area contributed by atoms with E-state index in [9.17, 15) is 0 Å². The quantitative estimate of drug-likeness (QED) is 0.192. The van der Waals surface area contributed by atoms with Gasteiger partial charge in [0.15, 0.2) is 0 Å². The van der Waals surface area contributed by atoms with Gasteiger partial charge in [0.25, 0.3) is 0 Å². The molecule has 1 aliphatic carbocycles. The summed E-state index contributed by atoms with van der Waals surface area (Å²) in [5.41, 5.74) is 19.3. The van der Waals surface area contributed by atoms with Gasteiger partial charge in [0.2, 0.25) is 0 Å². The second kappa shape index (κ2) is 11.0. The Kier molecular flexibility index (Phi) is 6.22. The fourth-order valence-corrected chi connectivity index (χ4v) is 7.77. The molecule has 0 atom stereocenters. The second-order valence-corrected chi connectivity index (χ2v) is 12.7. The lowest BCUT2D eigenvalue weighted by atomic mass is 9.80. The fourth-order valence-electron chi connectivity index (χ4n) is 7.77. The molecule has 9 aromatic rings. The number of nitrogens with zero attached hydrogens (tertiary/aromatic N) is 2. The van der Waals surface area contributed by atoms with Crippen LogP contribution in [0.25, 0.3) is 94.4 Å². The van der Waals surface area contributed by atoms with Crippen molar-refractivity contribution in [3.05, 3.63) is 182 Å². The number of aromatic nitrogens is 2. The molecule has 2 heteroatoms. The van der Waals surface area contributed by atoms with Crippen LogP contribution in [-0.4, -0.2) is 9.55 Å². The first-order chi connectivity index (χ1) is 24.3. The highest BCUT2D eigenvalue weighted by Crippen LogP contribution is 2.48. The van der Waals surface area contributed by atoms with E-state index >= 15 is 0 Å². The van der Waals surface area contributed by atoms with Crippen molar-refractivity contribution < 1.29 is 0 Å². The summed E-state index contributed by atoms with van der Waals surface area (Å²) in [5, 5.41) is 1.16. The minimum absolute atomic E-state index is 1.02. The molecule has 0 unspecified atom stereocenters. The molecule has 0 amide bonds. The number of pyridine rings is 1. The second-order valence-electron chi connectivity index (χ2n) is 12.7. The number of para-hydroxylation sites is 1. The topological polar surface area (TPSA) is 17.8 Å². The molecule has 0 spiro atoms. The highest BCUT2D eigenvalue weighted by molar-refractivity contribution is 6.08. The fraction of sp³-hybridized carbons (Fsp3) is 0. The van der Waals surface area contributed by atoms with Crippen LogP contribution in [0.15, 0.2) is 182 Å². The van der Waals surface area contributed by atoms with Crippen LogP contribution in [0.1, 0.15) is 0 Å². The van der Waals surface area contributed by atoms with Crippen molar-refractivity contribution in [3.63, 3.8) is 0 Å². The molecule has 0 saturated carbocycles. The molecule has 7 aromatic carbocycles. The molecular formula is C47H30N2. The van der Waals surface area contributed by atoms with Gasteiger partial charge in [-0.05, 0) is 109 Å². The van der Waals surface area contributed by atoms with Crippen LogP contribution in [-0.2, 0) is 0 Å². The Labute approximate surface area is 285 Å². The summed E-state index contributed by atoms with van der Waals surface area (Å²) in [5.74, 6) is 0. The molecule has 2 heterocycles. The van der Waals surface area contributed by atoms with Gasteiger partial charge in [-0.1, -0.05) is 133 Å². The molecule has 0 fully saturated rings. The largest absolute Gasteiger partial charge is 0.308 e. The van der Waals surface area contributed by atoms with E-state index in [0.29, 0.717) is 0 Å². The summed E-state index contributed by atoms with van der Waals surface area (Å²) in [7, 11) is 0. The van der Waals surface area contributed by atoms with Gasteiger partial charge in [-0.3, -0.25) is 4.98 Å². The van der Waals surface area contributed by atoms with Gasteiger partial charge in [-0.2, -0.15) is 0 Å². The number of fused-ring (bicyclic) bond motifs is 11. The standard InChI is InChI=1S/C47H30N2/c1-2-11-35(12-3-1)49-45-27-25-34(30-44(45)47-46(49)19-10-28-48-47)32-22-20-31(21-23-32)33-24-26-42-40-17-7-6-15-38(40)36-13-4-5-14-37(36)39-16-8-9-18-41(39)43(42)29-33/h1-30H. The van der Waals surface area contributed by atoms with E-state index in [0.717, 1.165) is 27.6 Å². The van der Waals surface area contributed by atoms with Crippen molar-refractivity contribution >= 4 is 21.9 Å². The third-order valence-corrected chi connectivity index (χ3v) is 10.0. The van der Waals surface area contributed by atoms with Crippen LogP contribution >= 0.6 is 0 Å². The Morgan fingerprint density at radius 2 is 0.796 bits per heavy atom. The lowest BCUT2D eigenvalue weighted by molar-refractivity contribution is 1.18. The third kappa shape index (κ3) is 4.38. The minimum atomic E-state index is 1.02. The number of rotatable bonds is 3. The highest BCUT2D eigenvalue weighted by Gasteiger charge is 2.22. The van der Waals surface area contributed by atoms with Crippen molar-refractivity contribution in [2.75, 3.05) is 0 Å². The number of benzene rings is 7. The van der Waals surface area contributed by atoms with Gasteiger partial charge < -0.3 is 4.57 Å². The first kappa shape index (κ1) is 27.6. The van der Waals surface area contributed by atoms with Gasteiger partial charge in [-0.15, -0.1) is 0 Å². The van der Waals surface area contributed by atoms with E-state index < -0.39 is 0 Å². The van der Waals surface area contributed by atoms with Crippen LogP contribution in [0.4, 0.5) is 0 Å². The normalized spacial score (nSPS) is 11.7. The van der Waals surface area contributed by atoms with Crippen molar-refractivity contribution in [3.8, 4) is 72.4 Å². The van der Waals surface area contributed by atoms with E-state index in [1.807, 2.05) is 12.3 Å². The summed E-state index contributed by atoms with van der Waals surface area (Å²) in [6.07, 6.45) is 1.89. The van der Waals surface area contributed by atoms with Crippen molar-refractivity contribution in [2.45, 2.75) is 0 Å². The van der Waals surface area contributed by atoms with Gasteiger partial charge in [-0.25, -0.2) is 0 Å². The Morgan fingerprint density at radius 3 is 1.39 bits per heavy atom. The van der Waals surface area contributed by atoms with E-state index in [1.54, 1.807) is 0 Å². The lowest BCUT2D eigenvalue weighted by Gasteiger charge is -2.23. The zero-order valence-electron chi connectivity index (χ0n) is 26.7. The maximum absolute atomic E-state index is 4.81. The van der Waals surface area contributed by atoms with Gasteiger partial charge in [0.1, 0.15) is 0 Å². The molecule has 0 bridgehead atoms. The SMILES string of the molecule is c1ccc(-n2c3ccc(-c4ccc(-c5ccc6c(c5)-c5ccccc5-c5ccccc5-c5ccccc5-6)cc4)cc3c3ncccc32)cc1. The molecule has 49 heavy (non-hydrogen) atoms. The van der Waals surface area contributed by atoms with Gasteiger partial charge in [0, 0.05) is 17.3 Å². The summed E-state index contributed by atoms with van der Waals surface area (Å²) in [6, 6.07) is 63.9. The van der Waals surface area contributed by atoms with Crippen LogP contribution < -0.4 is 0 Å². The first-order valence-corrected chi connectivity index (χ1v) is 16.8. The molecular weight excluding hydrogens is 593 g/mol. The Morgan fingerprint density at radius 1 is 0.327 bits per heavy atom. The zero-order valence-corrected chi connectivity index (χ0v) is 26.7. The molecule has 0 saturated heterocycles. The predicted octanol–water partition coefficient (Wildman–Crippen LogP) is 12.5. The molecule has 0 aliphatic heterocycles. The summed E-state index contributed by atoms with van der Waals surface area (Å²) in [6.45, 7) is 0. The van der Waals surface area contributed by atoms with E-state index in [2.05, 4.69) is 174 Å². The molecule has 1 aliphatic rings. The third-order valence-electron chi connectivity index (χ3n) is 10.0. The number of hydrogen-bond acceptors (Lipinski definition) is 1. The molecule has 0 radical (unpaired) electrons. The average Bonchev–Trinajstić information content (AvgIpc) is 3.51. The summed E-state index contributed by atoms with van der Waals surface area (Å²) < 4.78 is 2.31. The van der Waals surface area contributed by atoms with Crippen LogP contribution in [0.5, 0.6) is 0 Å². The smallest absolute Gasteiger partial charge is 0.0963 e. The number of hydrogen-bond donors (Lipinski definition) is 0. The maximum atomic E-state index is 4.81. The molecule has 0 N–H and O–H groups in total. The Balaban J connectivity index is 1.08. The molecule has 228 valence electrons. The zero-order chi connectivity index (χ0) is 32.3. The molecule has 2 nitrogen and oxygen atoms in total. The van der Waals surface area contributed by atoms with Gasteiger partial charge >= 0.3 is 0 Å². The van der Waals surface area contributed by atoms with E-state index in [1.165, 1.54) is 66.8 Å². The summed E-state index contributed by atoms with van der Waals surface area (Å²) in [4.78, 5) is 4.81. The first-order valence-electron chi connectivity index (χ1n) is 16.8. The van der Waals surface area contributed by atoms with Gasteiger partial charge in [0.05, 0.1) is 16.6 Å². The van der Waals surface area contributed by atoms with Crippen LogP contribution in [0, 0.1) is 0 Å². The predicted molar refractivity (Wildman–Crippen MR) is 205 cm³/mol. The summed E-state index contributed by atoms with van der Waals surface area (Å²) >= 11 is 0. The van der Waals surface area contributed by atoms with E-state index in [4.69, 9.17) is 4.98 Å². The van der Waals surface area contributed by atoms with Crippen molar-refractivity contribution in [1.82, 2.24) is 9.55 Å². The highest BCUT2D eigenvalue weighted by atomic mass is 15.0. The van der Waals surface area contributed by atoms with Crippen molar-refractivity contribution in [2.24, 2.45) is 0 Å². The Bertz CT molecular complexity index is 2690. The minimum Gasteiger partial charge on any atom is -0.308 e.